The van der Waals surface area contributed by atoms with Gasteiger partial charge < -0.3 is 26.5 Å². The van der Waals surface area contributed by atoms with Gasteiger partial charge in [-0.15, -0.1) is 0 Å². The summed E-state index contributed by atoms with van der Waals surface area (Å²) >= 11 is 0. The summed E-state index contributed by atoms with van der Waals surface area (Å²) in [4.78, 5) is 37.8. The number of aromatic nitrogens is 1. The Hall–Kier alpha value is -4.07. The molecule has 148 valence electrons. The zero-order valence-electron chi connectivity index (χ0n) is 15.9. The number of urea groups is 1. The summed E-state index contributed by atoms with van der Waals surface area (Å²) in [7, 11) is 0. The van der Waals surface area contributed by atoms with Crippen LogP contribution in [0.5, 0.6) is 0 Å². The van der Waals surface area contributed by atoms with Gasteiger partial charge >= 0.3 is 12.0 Å². The zero-order chi connectivity index (χ0) is 21.1. The first kappa shape index (κ1) is 19.7. The van der Waals surface area contributed by atoms with Crippen LogP contribution in [0.3, 0.4) is 0 Å². The summed E-state index contributed by atoms with van der Waals surface area (Å²) in [6, 6.07) is 11.6. The topological polar surface area (TPSA) is 137 Å². The van der Waals surface area contributed by atoms with E-state index in [9.17, 15) is 19.5 Å². The minimum absolute atomic E-state index is 0.00981. The Balaban J connectivity index is 1.78. The van der Waals surface area contributed by atoms with Crippen LogP contribution in [-0.2, 0) is 0 Å². The highest BCUT2D eigenvalue weighted by atomic mass is 16.4. The second-order valence-electron chi connectivity index (χ2n) is 6.58. The van der Waals surface area contributed by atoms with Crippen molar-refractivity contribution in [3.05, 3.63) is 71.0 Å². The number of carbonyl (C=O) groups is 3. The summed E-state index contributed by atoms with van der Waals surface area (Å²) in [6.45, 7) is 3.95. The highest BCUT2D eigenvalue weighted by Crippen LogP contribution is 2.29. The standard InChI is InChI=1S/C21H20N4O4/c1-11-3-6-15(9-12(11)2)25-21(29)24-14-7-4-13(5-8-14)17-16(20(27)28)10-23-18(17)19(22)26/h3-10,23H,1-2H3,(H2,22,26)(H,27,28)(H2,24,25,29). The number of carboxylic acids is 1. The third-order valence-electron chi connectivity index (χ3n) is 4.55. The number of H-pyrrole nitrogens is 1. The van der Waals surface area contributed by atoms with Crippen molar-refractivity contribution in [1.82, 2.24) is 4.98 Å². The molecule has 0 saturated heterocycles. The van der Waals surface area contributed by atoms with E-state index in [4.69, 9.17) is 5.73 Å². The lowest BCUT2D eigenvalue weighted by atomic mass is 10.0. The molecule has 29 heavy (non-hydrogen) atoms. The predicted octanol–water partition coefficient (Wildman–Crippen LogP) is 3.74. The Morgan fingerprint density at radius 1 is 0.931 bits per heavy atom. The van der Waals surface area contributed by atoms with Gasteiger partial charge in [0.1, 0.15) is 5.69 Å². The fourth-order valence-electron chi connectivity index (χ4n) is 2.92. The van der Waals surface area contributed by atoms with E-state index < -0.39 is 17.9 Å². The fraction of sp³-hybridized carbons (Fsp3) is 0.0952. The van der Waals surface area contributed by atoms with Gasteiger partial charge in [-0.2, -0.15) is 0 Å². The Morgan fingerprint density at radius 3 is 2.14 bits per heavy atom. The van der Waals surface area contributed by atoms with Crippen LogP contribution in [0, 0.1) is 13.8 Å². The molecule has 2 aromatic carbocycles. The predicted molar refractivity (Wildman–Crippen MR) is 110 cm³/mol. The number of anilines is 2. The number of hydrogen-bond acceptors (Lipinski definition) is 3. The van der Waals surface area contributed by atoms with Crippen LogP contribution in [0.4, 0.5) is 16.2 Å². The van der Waals surface area contributed by atoms with Crippen LogP contribution in [0.2, 0.25) is 0 Å². The summed E-state index contributed by atoms with van der Waals surface area (Å²) in [5, 5.41) is 14.8. The molecule has 8 nitrogen and oxygen atoms in total. The van der Waals surface area contributed by atoms with Gasteiger partial charge in [0.05, 0.1) is 5.56 Å². The lowest BCUT2D eigenvalue weighted by Crippen LogP contribution is -2.19. The fourth-order valence-corrected chi connectivity index (χ4v) is 2.92. The van der Waals surface area contributed by atoms with Crippen LogP contribution < -0.4 is 16.4 Å². The molecular weight excluding hydrogens is 372 g/mol. The zero-order valence-corrected chi connectivity index (χ0v) is 15.9. The number of benzene rings is 2. The number of aromatic amines is 1. The highest BCUT2D eigenvalue weighted by Gasteiger charge is 2.21. The van der Waals surface area contributed by atoms with E-state index in [1.54, 1.807) is 24.3 Å². The Labute approximate surface area is 166 Å². The third-order valence-corrected chi connectivity index (χ3v) is 4.55. The average molecular weight is 392 g/mol. The number of amides is 3. The number of carboxylic acid groups (broad SMARTS) is 1. The number of carbonyl (C=O) groups excluding carboxylic acids is 2. The molecule has 0 unspecified atom stereocenters. The van der Waals surface area contributed by atoms with Gasteiger partial charge in [-0.3, -0.25) is 4.79 Å². The normalized spacial score (nSPS) is 10.4. The van der Waals surface area contributed by atoms with E-state index >= 15 is 0 Å². The molecule has 3 rings (SSSR count). The van der Waals surface area contributed by atoms with Gasteiger partial charge in [-0.1, -0.05) is 18.2 Å². The van der Waals surface area contributed by atoms with E-state index in [0.29, 0.717) is 16.9 Å². The van der Waals surface area contributed by atoms with E-state index in [1.165, 1.54) is 6.20 Å². The molecule has 0 fully saturated rings. The number of hydrogen-bond donors (Lipinski definition) is 5. The molecule has 6 N–H and O–H groups in total. The van der Waals surface area contributed by atoms with Crippen LogP contribution >= 0.6 is 0 Å². The number of nitrogens with one attached hydrogen (secondary N) is 3. The maximum Gasteiger partial charge on any atom is 0.337 e. The van der Waals surface area contributed by atoms with Crippen molar-refractivity contribution < 1.29 is 19.5 Å². The van der Waals surface area contributed by atoms with Crippen LogP contribution in [0.1, 0.15) is 32.0 Å². The number of aryl methyl sites for hydroxylation is 2. The molecule has 3 amide bonds. The largest absolute Gasteiger partial charge is 0.478 e. The molecule has 0 spiro atoms. The number of rotatable bonds is 5. The molecule has 3 aromatic rings. The van der Waals surface area contributed by atoms with Gasteiger partial charge in [0.15, 0.2) is 0 Å². The van der Waals surface area contributed by atoms with Crippen LogP contribution in [-0.4, -0.2) is 28.0 Å². The number of primary amides is 1. The van der Waals surface area contributed by atoms with Crippen molar-refractivity contribution in [2.75, 3.05) is 10.6 Å². The summed E-state index contributed by atoms with van der Waals surface area (Å²) in [5.74, 6) is -1.94. The monoisotopic (exact) mass is 392 g/mol. The number of aromatic carboxylic acids is 1. The minimum atomic E-state index is -1.18. The second kappa shape index (κ2) is 7.89. The van der Waals surface area contributed by atoms with Crippen LogP contribution in [0.25, 0.3) is 11.1 Å². The van der Waals surface area contributed by atoms with Crippen molar-refractivity contribution in [3.8, 4) is 11.1 Å². The van der Waals surface area contributed by atoms with Gasteiger partial charge in [0.25, 0.3) is 5.91 Å². The third kappa shape index (κ3) is 4.27. The summed E-state index contributed by atoms with van der Waals surface area (Å²) in [5.41, 5.74) is 9.34. The smallest absolute Gasteiger partial charge is 0.337 e. The first-order valence-corrected chi connectivity index (χ1v) is 8.76. The van der Waals surface area contributed by atoms with E-state index in [0.717, 1.165) is 11.1 Å². The van der Waals surface area contributed by atoms with Gasteiger partial charge in [-0.25, -0.2) is 9.59 Å². The Kier molecular flexibility index (Phi) is 5.36. The van der Waals surface area contributed by atoms with Crippen LogP contribution in [0.15, 0.2) is 48.7 Å². The van der Waals surface area contributed by atoms with Crippen molar-refractivity contribution in [3.63, 3.8) is 0 Å². The molecule has 0 aliphatic rings. The van der Waals surface area contributed by atoms with Gasteiger partial charge in [0, 0.05) is 23.1 Å². The molecule has 0 aliphatic heterocycles. The lowest BCUT2D eigenvalue weighted by molar-refractivity contribution is 0.0697. The maximum atomic E-state index is 12.2. The Bertz CT molecular complexity index is 1070. The number of nitrogens with two attached hydrogens (primary N) is 1. The SMILES string of the molecule is Cc1ccc(NC(=O)Nc2ccc(-c3c(C(=O)O)c[nH]c3C(N)=O)cc2)cc1C. The maximum absolute atomic E-state index is 12.2. The average Bonchev–Trinajstić information content (AvgIpc) is 3.11. The molecule has 8 heteroatoms. The minimum Gasteiger partial charge on any atom is -0.478 e. The molecule has 1 heterocycles. The second-order valence-corrected chi connectivity index (χ2v) is 6.58. The first-order chi connectivity index (χ1) is 13.8. The first-order valence-electron chi connectivity index (χ1n) is 8.76. The van der Waals surface area contributed by atoms with Gasteiger partial charge in [0.2, 0.25) is 0 Å². The van der Waals surface area contributed by atoms with E-state index in [2.05, 4.69) is 15.6 Å². The van der Waals surface area contributed by atoms with E-state index in [1.807, 2.05) is 32.0 Å². The molecule has 0 atom stereocenters. The lowest BCUT2D eigenvalue weighted by Gasteiger charge is -2.10. The molecule has 0 aliphatic carbocycles. The molecular formula is C21H20N4O4. The van der Waals surface area contributed by atoms with Crippen molar-refractivity contribution >= 4 is 29.3 Å². The van der Waals surface area contributed by atoms with Crippen molar-refractivity contribution in [2.24, 2.45) is 5.73 Å². The molecule has 1 aromatic heterocycles. The highest BCUT2D eigenvalue weighted by molar-refractivity contribution is 6.06. The molecule has 0 saturated carbocycles. The summed E-state index contributed by atoms with van der Waals surface area (Å²) < 4.78 is 0. The quantitative estimate of drug-likeness (QED) is 0.451. The van der Waals surface area contributed by atoms with E-state index in [-0.39, 0.29) is 16.8 Å². The molecule has 0 bridgehead atoms. The van der Waals surface area contributed by atoms with Crippen molar-refractivity contribution in [2.45, 2.75) is 13.8 Å². The molecule has 0 radical (unpaired) electrons. The summed E-state index contributed by atoms with van der Waals surface area (Å²) in [6.07, 6.45) is 1.22. The van der Waals surface area contributed by atoms with Gasteiger partial charge in [-0.05, 0) is 54.8 Å². The van der Waals surface area contributed by atoms with Crippen molar-refractivity contribution in [1.29, 1.82) is 0 Å². The Morgan fingerprint density at radius 2 is 1.55 bits per heavy atom.